The van der Waals surface area contributed by atoms with Crippen LogP contribution in [0.1, 0.15) is 29.5 Å². The molecular formula is C24H19ClN4O6S. The van der Waals surface area contributed by atoms with Crippen LogP contribution in [0.25, 0.3) is 0 Å². The van der Waals surface area contributed by atoms with Crippen molar-refractivity contribution in [2.45, 2.75) is 33.9 Å². The molecule has 10 nitrogen and oxygen atoms in total. The van der Waals surface area contributed by atoms with E-state index >= 15 is 0 Å². The number of anilines is 1. The second-order valence-corrected chi connectivity index (χ2v) is 10.5. The van der Waals surface area contributed by atoms with E-state index in [1.165, 1.54) is 36.0 Å². The lowest BCUT2D eigenvalue weighted by atomic mass is 9.77. The third kappa shape index (κ3) is 4.14. The molecule has 5 rings (SSSR count). The lowest BCUT2D eigenvalue weighted by Crippen LogP contribution is -2.31. The minimum Gasteiger partial charge on any atom is -0.372 e. The van der Waals surface area contributed by atoms with Gasteiger partial charge in [-0.25, -0.2) is 0 Å². The maximum atomic E-state index is 11.8. The quantitative estimate of drug-likeness (QED) is 0.219. The molecule has 1 aliphatic carbocycles. The molecule has 1 aliphatic heterocycles. The van der Waals surface area contributed by atoms with Gasteiger partial charge in [-0.1, -0.05) is 36.4 Å². The summed E-state index contributed by atoms with van der Waals surface area (Å²) in [6.07, 6.45) is 0.554. The highest BCUT2D eigenvalue weighted by atomic mass is 35.5. The number of rotatable bonds is 6. The van der Waals surface area contributed by atoms with E-state index in [-0.39, 0.29) is 34.1 Å². The second-order valence-electron chi connectivity index (χ2n) is 8.72. The number of thioether (sulfide) groups is 1. The second kappa shape index (κ2) is 9.40. The maximum Gasteiger partial charge on any atom is 0.292 e. The van der Waals surface area contributed by atoms with Crippen LogP contribution in [-0.4, -0.2) is 25.4 Å². The lowest BCUT2D eigenvalue weighted by Gasteiger charge is -2.37. The predicted octanol–water partition coefficient (Wildman–Crippen LogP) is 6.45. The summed E-state index contributed by atoms with van der Waals surface area (Å²) in [6.45, 7) is 0. The van der Waals surface area contributed by atoms with Crippen molar-refractivity contribution in [1.82, 2.24) is 0 Å². The van der Waals surface area contributed by atoms with Crippen molar-refractivity contribution < 1.29 is 14.8 Å². The van der Waals surface area contributed by atoms with Crippen molar-refractivity contribution in [2.24, 2.45) is 5.92 Å². The topological polar surface area (TPSA) is 141 Å². The first-order valence-corrected chi connectivity index (χ1v) is 12.4. The summed E-state index contributed by atoms with van der Waals surface area (Å²) in [6, 6.07) is 17.0. The molecule has 5 atom stereocenters. The van der Waals surface area contributed by atoms with E-state index in [9.17, 15) is 30.3 Å². The largest absolute Gasteiger partial charge is 0.372 e. The number of nitrogens with one attached hydrogen (secondary N) is 1. The molecule has 2 aliphatic rings. The monoisotopic (exact) mass is 526 g/mol. The molecule has 0 spiro atoms. The van der Waals surface area contributed by atoms with E-state index in [0.29, 0.717) is 28.1 Å². The Morgan fingerprint density at radius 2 is 1.56 bits per heavy atom. The molecule has 36 heavy (non-hydrogen) atoms. The van der Waals surface area contributed by atoms with E-state index in [1.54, 1.807) is 36.4 Å². The summed E-state index contributed by atoms with van der Waals surface area (Å²) in [5, 5.41) is 37.4. The summed E-state index contributed by atoms with van der Waals surface area (Å²) in [4.78, 5) is 33.9. The van der Waals surface area contributed by atoms with Gasteiger partial charge in [0.25, 0.3) is 17.1 Å². The smallest absolute Gasteiger partial charge is 0.292 e. The molecule has 0 unspecified atom stereocenters. The van der Waals surface area contributed by atoms with E-state index < -0.39 is 26.2 Å². The molecule has 1 N–H and O–H groups in total. The van der Waals surface area contributed by atoms with Crippen LogP contribution in [0.5, 0.6) is 0 Å². The summed E-state index contributed by atoms with van der Waals surface area (Å²) in [5.74, 6) is -0.448. The molecule has 12 heteroatoms. The number of nitro benzene ring substituents is 3. The zero-order valence-corrected chi connectivity index (χ0v) is 20.1. The minimum absolute atomic E-state index is 0.00867. The number of nitro groups is 3. The van der Waals surface area contributed by atoms with E-state index in [1.807, 2.05) is 6.07 Å². The van der Waals surface area contributed by atoms with Gasteiger partial charge >= 0.3 is 0 Å². The number of halogens is 1. The molecule has 184 valence electrons. The Balaban J connectivity index is 1.59. The first-order valence-electron chi connectivity index (χ1n) is 11.1. The molecule has 0 amide bonds. The molecule has 0 saturated heterocycles. The fraction of sp³-hybridized carbons (Fsp3) is 0.250. The third-order valence-corrected chi connectivity index (χ3v) is 8.92. The Morgan fingerprint density at radius 1 is 0.861 bits per heavy atom. The molecule has 1 saturated carbocycles. The summed E-state index contributed by atoms with van der Waals surface area (Å²) < 4.78 is 0. The molecule has 1 heterocycles. The molecule has 3 aromatic rings. The van der Waals surface area contributed by atoms with Gasteiger partial charge in [0.05, 0.1) is 31.1 Å². The van der Waals surface area contributed by atoms with E-state index in [4.69, 9.17) is 11.6 Å². The highest BCUT2D eigenvalue weighted by molar-refractivity contribution is 8.00. The molecule has 0 aromatic heterocycles. The van der Waals surface area contributed by atoms with Crippen molar-refractivity contribution in [3.05, 3.63) is 108 Å². The van der Waals surface area contributed by atoms with Gasteiger partial charge in [0.2, 0.25) is 0 Å². The number of alkyl halides is 1. The first kappa shape index (κ1) is 24.0. The fourth-order valence-corrected chi connectivity index (χ4v) is 7.26. The molecule has 0 bridgehead atoms. The zero-order valence-electron chi connectivity index (χ0n) is 18.5. The van der Waals surface area contributed by atoms with Gasteiger partial charge < -0.3 is 5.32 Å². The molecule has 1 fully saturated rings. The van der Waals surface area contributed by atoms with Crippen LogP contribution in [0.4, 0.5) is 22.7 Å². The van der Waals surface area contributed by atoms with Crippen molar-refractivity contribution in [1.29, 1.82) is 0 Å². The van der Waals surface area contributed by atoms with Crippen molar-refractivity contribution in [3.63, 3.8) is 0 Å². The lowest BCUT2D eigenvalue weighted by molar-refractivity contribution is -0.387. The summed E-state index contributed by atoms with van der Waals surface area (Å²) >= 11 is 8.36. The van der Waals surface area contributed by atoms with Crippen LogP contribution in [0.2, 0.25) is 0 Å². The standard InChI is InChI=1S/C24H19ClN4O6S/c25-22-20(36-19-10-2-1-8-17(19)28(32)33)12-16-21(22)15-7-4-9-18(29(34)35)24(15)26-23(16)13-5-3-6-14(11-13)27(30)31/h1-11,16,20-23,26H,12H2/t16-,20-,21-,22+,23-/m0/s1. The average Bonchev–Trinajstić information content (AvgIpc) is 3.19. The Labute approximate surface area is 214 Å². The number of nitrogens with zero attached hydrogens (tertiary/aromatic N) is 3. The normalized spacial score (nSPS) is 24.3. The highest BCUT2D eigenvalue weighted by Crippen LogP contribution is 2.59. The van der Waals surface area contributed by atoms with Gasteiger partial charge in [0, 0.05) is 35.4 Å². The SMILES string of the molecule is O=[N+]([O-])c1cccc([C@@H]2Nc3c(cccc3[N+](=O)[O-])[C@@H]3[C@H](Cl)[C@@H](Sc4ccccc4[N+](=O)[O-])C[C@@H]32)c1. The summed E-state index contributed by atoms with van der Waals surface area (Å²) in [7, 11) is 0. The number of benzene rings is 3. The Kier molecular flexibility index (Phi) is 6.27. The van der Waals surface area contributed by atoms with Gasteiger partial charge in [-0.3, -0.25) is 30.3 Å². The van der Waals surface area contributed by atoms with Crippen molar-refractivity contribution >= 4 is 46.1 Å². The van der Waals surface area contributed by atoms with Gasteiger partial charge in [-0.05, 0) is 29.5 Å². The van der Waals surface area contributed by atoms with Gasteiger partial charge in [0.1, 0.15) is 5.69 Å². The van der Waals surface area contributed by atoms with Crippen molar-refractivity contribution in [3.8, 4) is 0 Å². The maximum absolute atomic E-state index is 11.8. The predicted molar refractivity (Wildman–Crippen MR) is 136 cm³/mol. The fourth-order valence-electron chi connectivity index (χ4n) is 5.31. The molecule has 3 aromatic carbocycles. The number of hydrogen-bond donors (Lipinski definition) is 1. The number of fused-ring (bicyclic) bond motifs is 3. The minimum atomic E-state index is -0.483. The van der Waals surface area contributed by atoms with Crippen LogP contribution in [0.15, 0.2) is 71.6 Å². The Morgan fingerprint density at radius 3 is 2.28 bits per heavy atom. The Hall–Kier alpha value is -3.70. The van der Waals surface area contributed by atoms with E-state index in [0.717, 1.165) is 0 Å². The van der Waals surface area contributed by atoms with Crippen LogP contribution in [0.3, 0.4) is 0 Å². The Bertz CT molecular complexity index is 1390. The number of non-ortho nitro benzene ring substituents is 1. The van der Waals surface area contributed by atoms with Crippen molar-refractivity contribution in [2.75, 3.05) is 5.32 Å². The average molecular weight is 527 g/mol. The third-order valence-electron chi connectivity index (χ3n) is 6.80. The van der Waals surface area contributed by atoms with Crippen LogP contribution in [0, 0.1) is 36.3 Å². The first-order chi connectivity index (χ1) is 17.3. The van der Waals surface area contributed by atoms with Gasteiger partial charge in [-0.15, -0.1) is 23.4 Å². The molecular weight excluding hydrogens is 508 g/mol. The number of para-hydroxylation sites is 2. The highest BCUT2D eigenvalue weighted by Gasteiger charge is 2.51. The van der Waals surface area contributed by atoms with Crippen LogP contribution in [-0.2, 0) is 0 Å². The van der Waals surface area contributed by atoms with E-state index in [2.05, 4.69) is 5.32 Å². The van der Waals surface area contributed by atoms with Crippen LogP contribution >= 0.6 is 23.4 Å². The summed E-state index contributed by atoms with van der Waals surface area (Å²) in [5.41, 5.74) is 1.50. The van der Waals surface area contributed by atoms with Crippen LogP contribution < -0.4 is 5.32 Å². The zero-order chi connectivity index (χ0) is 25.6. The van der Waals surface area contributed by atoms with Gasteiger partial charge in [-0.2, -0.15) is 0 Å². The van der Waals surface area contributed by atoms with Gasteiger partial charge in [0.15, 0.2) is 0 Å². The number of hydrogen-bond acceptors (Lipinski definition) is 8. The molecule has 0 radical (unpaired) electrons.